The number of hydrogen-bond acceptors (Lipinski definition) is 5. The molecule has 0 fully saturated rings. The Morgan fingerprint density at radius 1 is 1.24 bits per heavy atom. The summed E-state index contributed by atoms with van der Waals surface area (Å²) in [7, 11) is 0. The van der Waals surface area contributed by atoms with E-state index in [1.807, 2.05) is 0 Å². The highest BCUT2D eigenvalue weighted by Crippen LogP contribution is 2.32. The molecule has 1 amide bonds. The Morgan fingerprint density at radius 3 is 2.70 bits per heavy atom. The predicted octanol–water partition coefficient (Wildman–Crippen LogP) is 4.25. The van der Waals surface area contributed by atoms with Crippen molar-refractivity contribution >= 4 is 22.5 Å². The van der Waals surface area contributed by atoms with E-state index in [4.69, 9.17) is 0 Å². The lowest BCUT2D eigenvalue weighted by molar-refractivity contribution is -0.141. The minimum atomic E-state index is -4.66. The number of aromatic nitrogens is 5. The Morgan fingerprint density at radius 2 is 2.03 bits per heavy atom. The first-order chi connectivity index (χ1) is 15.5. The third-order valence-corrected chi connectivity index (χ3v) is 4.97. The van der Waals surface area contributed by atoms with Gasteiger partial charge in [0, 0.05) is 41.1 Å². The van der Waals surface area contributed by atoms with E-state index in [0.717, 1.165) is 12.1 Å². The van der Waals surface area contributed by atoms with Crippen LogP contribution in [-0.4, -0.2) is 41.6 Å². The van der Waals surface area contributed by atoms with Crippen molar-refractivity contribution in [2.45, 2.75) is 38.6 Å². The molecule has 0 saturated heterocycles. The van der Waals surface area contributed by atoms with Gasteiger partial charge in [-0.25, -0.2) is 4.98 Å². The largest absolute Gasteiger partial charge is 0.433 e. The lowest BCUT2D eigenvalue weighted by Gasteiger charge is -2.16. The van der Waals surface area contributed by atoms with Crippen LogP contribution in [-0.2, 0) is 12.7 Å². The number of hydrogen-bond donors (Lipinski definition) is 3. The van der Waals surface area contributed by atoms with Crippen LogP contribution in [0.5, 0.6) is 0 Å². The molecule has 3 aromatic heterocycles. The second-order valence-corrected chi connectivity index (χ2v) is 8.26. The number of alkyl halides is 3. The lowest BCUT2D eigenvalue weighted by atomic mass is 10.0. The maximum absolute atomic E-state index is 13.0. The van der Waals surface area contributed by atoms with Crippen LogP contribution in [0.4, 0.5) is 18.9 Å². The Kier molecular flexibility index (Phi) is 5.66. The van der Waals surface area contributed by atoms with Crippen molar-refractivity contribution < 1.29 is 23.1 Å². The van der Waals surface area contributed by atoms with Crippen LogP contribution in [0, 0.1) is 0 Å². The number of benzene rings is 1. The van der Waals surface area contributed by atoms with Crippen LogP contribution in [0.3, 0.4) is 0 Å². The molecule has 4 rings (SSSR count). The van der Waals surface area contributed by atoms with E-state index in [-0.39, 0.29) is 5.69 Å². The minimum absolute atomic E-state index is 0.357. The normalized spacial score (nSPS) is 12.3. The van der Waals surface area contributed by atoms with E-state index in [0.29, 0.717) is 40.7 Å². The number of fused-ring (bicyclic) bond motifs is 1. The maximum atomic E-state index is 13.0. The number of anilines is 1. The summed E-state index contributed by atoms with van der Waals surface area (Å²) in [6.45, 7) is 3.90. The molecule has 0 unspecified atom stereocenters. The first kappa shape index (κ1) is 22.5. The van der Waals surface area contributed by atoms with Gasteiger partial charge in [0.2, 0.25) is 0 Å². The second kappa shape index (κ2) is 8.32. The number of carbonyl (C=O) groups is 1. The van der Waals surface area contributed by atoms with Gasteiger partial charge in [0.15, 0.2) is 0 Å². The van der Waals surface area contributed by atoms with Crippen molar-refractivity contribution in [3.05, 3.63) is 60.3 Å². The minimum Gasteiger partial charge on any atom is -0.390 e. The average molecular weight is 458 g/mol. The second-order valence-electron chi connectivity index (χ2n) is 8.26. The van der Waals surface area contributed by atoms with Crippen LogP contribution in [0.1, 0.15) is 36.5 Å². The van der Waals surface area contributed by atoms with Gasteiger partial charge in [0.25, 0.3) is 5.91 Å². The number of nitrogens with zero attached hydrogens (tertiary/aromatic N) is 4. The van der Waals surface area contributed by atoms with Crippen LogP contribution in [0.15, 0.2) is 48.9 Å². The summed E-state index contributed by atoms with van der Waals surface area (Å²) < 4.78 is 40.7. The predicted molar refractivity (Wildman–Crippen MR) is 115 cm³/mol. The van der Waals surface area contributed by atoms with Crippen molar-refractivity contribution in [3.63, 3.8) is 0 Å². The SMILES string of the molecule is CC(C)(O)CCn1cc2cc(NC(=O)c3cccc(C(F)(F)F)n3)c(-c3cn[nH]c3)cc2n1. The van der Waals surface area contributed by atoms with Gasteiger partial charge in [-0.3, -0.25) is 14.6 Å². The van der Waals surface area contributed by atoms with Crippen LogP contribution in [0.25, 0.3) is 22.0 Å². The molecule has 0 aliphatic heterocycles. The van der Waals surface area contributed by atoms with E-state index in [1.165, 1.54) is 6.07 Å². The fourth-order valence-corrected chi connectivity index (χ4v) is 3.27. The summed E-state index contributed by atoms with van der Waals surface area (Å²) in [6, 6.07) is 6.61. The lowest BCUT2D eigenvalue weighted by Crippen LogP contribution is -2.21. The van der Waals surface area contributed by atoms with Crippen molar-refractivity contribution in [3.8, 4) is 11.1 Å². The number of aryl methyl sites for hydroxylation is 1. The molecule has 1 aromatic carbocycles. The number of halogens is 3. The number of carbonyl (C=O) groups excluding carboxylic acids is 1. The Hall–Kier alpha value is -3.73. The maximum Gasteiger partial charge on any atom is 0.433 e. The van der Waals surface area contributed by atoms with Gasteiger partial charge < -0.3 is 10.4 Å². The van der Waals surface area contributed by atoms with Gasteiger partial charge in [-0.1, -0.05) is 6.07 Å². The molecule has 3 heterocycles. The van der Waals surface area contributed by atoms with Crippen molar-refractivity contribution in [1.82, 2.24) is 25.0 Å². The summed E-state index contributed by atoms with van der Waals surface area (Å²) in [5.74, 6) is -0.778. The summed E-state index contributed by atoms with van der Waals surface area (Å²) in [4.78, 5) is 16.2. The smallest absolute Gasteiger partial charge is 0.390 e. The van der Waals surface area contributed by atoms with Gasteiger partial charge in [-0.15, -0.1) is 0 Å². The van der Waals surface area contributed by atoms with Gasteiger partial charge in [0.05, 0.1) is 17.3 Å². The first-order valence-electron chi connectivity index (χ1n) is 10.1. The van der Waals surface area contributed by atoms with Gasteiger partial charge in [0.1, 0.15) is 11.4 Å². The monoisotopic (exact) mass is 458 g/mol. The highest BCUT2D eigenvalue weighted by atomic mass is 19.4. The van der Waals surface area contributed by atoms with Crippen LogP contribution in [0.2, 0.25) is 0 Å². The molecule has 172 valence electrons. The summed E-state index contributed by atoms with van der Waals surface area (Å²) >= 11 is 0. The Labute approximate surface area is 186 Å². The summed E-state index contributed by atoms with van der Waals surface area (Å²) in [6.07, 6.45) is 0.795. The van der Waals surface area contributed by atoms with Gasteiger partial charge >= 0.3 is 6.18 Å². The molecule has 0 bridgehead atoms. The molecule has 8 nitrogen and oxygen atoms in total. The highest BCUT2D eigenvalue weighted by molar-refractivity contribution is 6.07. The van der Waals surface area contributed by atoms with E-state index in [9.17, 15) is 23.1 Å². The molecule has 33 heavy (non-hydrogen) atoms. The number of H-pyrrole nitrogens is 1. The summed E-state index contributed by atoms with van der Waals surface area (Å²) in [5, 5.41) is 24.5. The number of rotatable bonds is 6. The molecule has 0 aliphatic carbocycles. The average Bonchev–Trinajstić information content (AvgIpc) is 3.40. The molecule has 0 spiro atoms. The zero-order valence-electron chi connectivity index (χ0n) is 17.8. The number of aromatic amines is 1. The zero-order valence-corrected chi connectivity index (χ0v) is 17.8. The van der Waals surface area contributed by atoms with Crippen LogP contribution >= 0.6 is 0 Å². The Balaban J connectivity index is 1.69. The first-order valence-corrected chi connectivity index (χ1v) is 10.1. The molecule has 0 saturated carbocycles. The molecular formula is C22H21F3N6O2. The van der Waals surface area contributed by atoms with E-state index >= 15 is 0 Å². The quantitative estimate of drug-likeness (QED) is 0.400. The molecule has 11 heteroatoms. The van der Waals surface area contributed by atoms with Crippen molar-refractivity contribution in [2.75, 3.05) is 5.32 Å². The molecule has 4 aromatic rings. The molecular weight excluding hydrogens is 437 g/mol. The van der Waals surface area contributed by atoms with E-state index in [2.05, 4.69) is 25.6 Å². The van der Waals surface area contributed by atoms with Crippen molar-refractivity contribution in [1.29, 1.82) is 0 Å². The number of amides is 1. The number of aliphatic hydroxyl groups is 1. The summed E-state index contributed by atoms with van der Waals surface area (Å²) in [5.41, 5.74) is -0.0819. The topological polar surface area (TPSA) is 109 Å². The fraction of sp³-hybridized carbons (Fsp3) is 0.273. The molecule has 0 aliphatic rings. The van der Waals surface area contributed by atoms with Gasteiger partial charge in [-0.2, -0.15) is 23.4 Å². The zero-order chi connectivity index (χ0) is 23.8. The molecule has 0 atom stereocenters. The number of nitrogens with one attached hydrogen (secondary N) is 2. The molecule has 0 radical (unpaired) electrons. The van der Waals surface area contributed by atoms with E-state index < -0.39 is 23.4 Å². The molecule has 3 N–H and O–H groups in total. The standard InChI is InChI=1S/C22H21F3N6O2/c1-21(2,33)6-7-31-12-13-8-18(15(9-17(13)30-31)14-10-26-27-11-14)29-20(32)16-4-3-5-19(28-16)22(23,24)25/h3-5,8-12,33H,6-7H2,1-2H3,(H,26,27)(H,29,32). The van der Waals surface area contributed by atoms with Crippen molar-refractivity contribution in [2.24, 2.45) is 0 Å². The third kappa shape index (κ3) is 5.20. The van der Waals surface area contributed by atoms with E-state index in [1.54, 1.807) is 49.3 Å². The van der Waals surface area contributed by atoms with Gasteiger partial charge in [-0.05, 0) is 44.5 Å². The number of pyridine rings is 1. The van der Waals surface area contributed by atoms with Crippen LogP contribution < -0.4 is 5.32 Å². The highest BCUT2D eigenvalue weighted by Gasteiger charge is 2.33. The Bertz CT molecular complexity index is 1290. The fourth-order valence-electron chi connectivity index (χ4n) is 3.27. The third-order valence-electron chi connectivity index (χ3n) is 4.97.